The van der Waals surface area contributed by atoms with Gasteiger partial charge in [0.15, 0.2) is 0 Å². The highest BCUT2D eigenvalue weighted by molar-refractivity contribution is 6.00. The van der Waals surface area contributed by atoms with Crippen LogP contribution in [0.2, 0.25) is 0 Å². The fourth-order valence-electron chi connectivity index (χ4n) is 2.50. The molecule has 1 aromatic carbocycles. The van der Waals surface area contributed by atoms with Gasteiger partial charge in [-0.3, -0.25) is 9.59 Å². The van der Waals surface area contributed by atoms with Gasteiger partial charge in [0, 0.05) is 31.6 Å². The molecule has 1 aromatic rings. The molecule has 0 fully saturated rings. The third kappa shape index (κ3) is 13.2. The average Bonchev–Trinajstić information content (AvgIpc) is 2.87. The Kier molecular flexibility index (Phi) is 14.4. The molecule has 1 atom stereocenters. The first-order valence-electron chi connectivity index (χ1n) is 11.5. The Morgan fingerprint density at radius 2 is 1.24 bits per heavy atom. The van der Waals surface area contributed by atoms with Gasteiger partial charge < -0.3 is 29.2 Å². The molecule has 0 amide bonds. The number of carbonyl (C=O) groups is 7. The third-order valence-electron chi connectivity index (χ3n) is 4.48. The molecule has 38 heavy (non-hydrogen) atoms. The van der Waals surface area contributed by atoms with E-state index in [1.807, 2.05) is 0 Å². The van der Waals surface area contributed by atoms with E-state index in [9.17, 15) is 33.6 Å². The minimum absolute atomic E-state index is 0.0328. The summed E-state index contributed by atoms with van der Waals surface area (Å²) in [6.45, 7) is 1.17. The molecule has 0 aliphatic heterocycles. The number of esters is 7. The van der Waals surface area contributed by atoms with E-state index in [0.717, 1.165) is 19.1 Å². The molecule has 1 rings (SSSR count). The van der Waals surface area contributed by atoms with Crippen LogP contribution < -0.4 is 0 Å². The lowest BCUT2D eigenvalue weighted by atomic mass is 10.1. The number of carbonyl (C=O) groups excluding carboxylic acids is 7. The maximum atomic E-state index is 12.1. The van der Waals surface area contributed by atoms with Crippen LogP contribution in [0.25, 0.3) is 0 Å². The van der Waals surface area contributed by atoms with E-state index in [1.54, 1.807) is 0 Å². The van der Waals surface area contributed by atoms with Crippen LogP contribution in [-0.4, -0.2) is 71.3 Å². The summed E-state index contributed by atoms with van der Waals surface area (Å²) in [4.78, 5) is 81.5. The highest BCUT2D eigenvalue weighted by Crippen LogP contribution is 2.10. The maximum Gasteiger partial charge on any atom is 0.345 e. The molecular weight excluding hydrogens is 508 g/mol. The predicted octanol–water partition coefficient (Wildman–Crippen LogP) is 0.936. The largest absolute Gasteiger partial charge is 0.463 e. The molecule has 0 spiro atoms. The molecule has 13 nitrogen and oxygen atoms in total. The summed E-state index contributed by atoms with van der Waals surface area (Å²) in [5.41, 5.74) is -0.127. The number of aliphatic hydroxyl groups is 2. The number of hydrogen-bond donors (Lipinski definition) is 2. The Morgan fingerprint density at radius 3 is 1.76 bits per heavy atom. The second-order valence-electron chi connectivity index (χ2n) is 7.66. The van der Waals surface area contributed by atoms with Crippen LogP contribution >= 0.6 is 0 Å². The molecule has 0 saturated carbocycles. The number of benzene rings is 1. The van der Waals surface area contributed by atoms with Crippen LogP contribution in [0.3, 0.4) is 0 Å². The summed E-state index contributed by atoms with van der Waals surface area (Å²) >= 11 is 0. The van der Waals surface area contributed by atoms with E-state index in [0.29, 0.717) is 12.8 Å². The van der Waals surface area contributed by atoms with Crippen molar-refractivity contribution in [3.8, 4) is 0 Å². The smallest absolute Gasteiger partial charge is 0.345 e. The summed E-state index contributed by atoms with van der Waals surface area (Å²) in [6.07, 6.45) is 0.859. The molecule has 0 bridgehead atoms. The van der Waals surface area contributed by atoms with Gasteiger partial charge in [-0.05, 0) is 56.9 Å². The summed E-state index contributed by atoms with van der Waals surface area (Å²) in [6, 6.07) is 4.70. The third-order valence-corrected chi connectivity index (χ3v) is 4.48. The maximum absolute atomic E-state index is 12.1. The van der Waals surface area contributed by atoms with Gasteiger partial charge in [-0.25, -0.2) is 24.0 Å². The molecule has 206 valence electrons. The zero-order valence-electron chi connectivity index (χ0n) is 20.6. The highest BCUT2D eigenvalue weighted by Gasteiger charge is 2.19. The van der Waals surface area contributed by atoms with Crippen LogP contribution in [0.15, 0.2) is 36.4 Å². The van der Waals surface area contributed by atoms with Crippen molar-refractivity contribution in [1.29, 1.82) is 0 Å². The van der Waals surface area contributed by atoms with Crippen LogP contribution in [-0.2, 0) is 42.9 Å². The van der Waals surface area contributed by atoms with Crippen LogP contribution in [0.1, 0.15) is 66.2 Å². The fourth-order valence-corrected chi connectivity index (χ4v) is 2.50. The Balaban J connectivity index is 2.31. The zero-order chi connectivity index (χ0) is 28.5. The van der Waals surface area contributed by atoms with Crippen molar-refractivity contribution in [2.75, 3.05) is 13.2 Å². The van der Waals surface area contributed by atoms with Crippen LogP contribution in [0.5, 0.6) is 0 Å². The van der Waals surface area contributed by atoms with Crippen molar-refractivity contribution in [3.63, 3.8) is 0 Å². The minimum Gasteiger partial charge on any atom is -0.463 e. The van der Waals surface area contributed by atoms with E-state index >= 15 is 0 Å². The van der Waals surface area contributed by atoms with Crippen molar-refractivity contribution >= 4 is 41.8 Å². The zero-order valence-corrected chi connectivity index (χ0v) is 20.6. The van der Waals surface area contributed by atoms with Crippen molar-refractivity contribution in [2.24, 2.45) is 0 Å². The van der Waals surface area contributed by atoms with Gasteiger partial charge in [-0.1, -0.05) is 0 Å². The molecule has 0 radical (unpaired) electrons. The lowest BCUT2D eigenvalue weighted by Crippen LogP contribution is -2.23. The lowest BCUT2D eigenvalue weighted by Gasteiger charge is -2.06. The number of unbranched alkanes of at least 4 members (excludes halogenated alkanes) is 2. The van der Waals surface area contributed by atoms with E-state index in [1.165, 1.54) is 24.3 Å². The second-order valence-corrected chi connectivity index (χ2v) is 7.66. The summed E-state index contributed by atoms with van der Waals surface area (Å²) < 4.78 is 18.4. The minimum atomic E-state index is -1.49. The molecule has 0 aromatic heterocycles. The molecule has 2 N–H and O–H groups in total. The Morgan fingerprint density at radius 1 is 0.737 bits per heavy atom. The summed E-state index contributed by atoms with van der Waals surface area (Å²) in [5, 5.41) is 17.7. The van der Waals surface area contributed by atoms with E-state index < -0.39 is 47.9 Å². The second kappa shape index (κ2) is 17.3. The SMILES string of the molecule is CC(O)C(=O)OC(=O)c1ccc(C(=O)OC(=O)CCCCC(=O)OC(=O)/C=C\C(=O)OCCCCO)cc1. The molecular formula is C25H28O13. The summed E-state index contributed by atoms with van der Waals surface area (Å²) in [7, 11) is 0. The van der Waals surface area contributed by atoms with Crippen molar-refractivity contribution in [2.45, 2.75) is 51.6 Å². The molecule has 13 heteroatoms. The Bertz CT molecular complexity index is 1040. The fraction of sp³-hybridized carbons (Fsp3) is 0.400. The number of aliphatic hydroxyl groups excluding tert-OH is 2. The van der Waals surface area contributed by atoms with Crippen LogP contribution in [0, 0.1) is 0 Å². The number of ether oxygens (including phenoxy) is 4. The monoisotopic (exact) mass is 536 g/mol. The Labute approximate surface area is 217 Å². The lowest BCUT2D eigenvalue weighted by molar-refractivity contribution is -0.157. The van der Waals surface area contributed by atoms with E-state index in [4.69, 9.17) is 14.9 Å². The molecule has 0 aliphatic carbocycles. The first-order valence-corrected chi connectivity index (χ1v) is 11.5. The first-order chi connectivity index (χ1) is 18.0. The van der Waals surface area contributed by atoms with Gasteiger partial charge in [0.05, 0.1) is 17.7 Å². The molecule has 0 aliphatic rings. The quantitative estimate of drug-likeness (QED) is 0.112. The highest BCUT2D eigenvalue weighted by atomic mass is 16.6. The first kappa shape index (κ1) is 31.8. The van der Waals surface area contributed by atoms with Crippen LogP contribution in [0.4, 0.5) is 0 Å². The van der Waals surface area contributed by atoms with Gasteiger partial charge in [0.2, 0.25) is 0 Å². The van der Waals surface area contributed by atoms with E-state index in [2.05, 4.69) is 14.2 Å². The average molecular weight is 536 g/mol. The van der Waals surface area contributed by atoms with Crippen molar-refractivity contribution in [1.82, 2.24) is 0 Å². The topological polar surface area (TPSA) is 197 Å². The van der Waals surface area contributed by atoms with Gasteiger partial charge in [-0.15, -0.1) is 0 Å². The van der Waals surface area contributed by atoms with Gasteiger partial charge >= 0.3 is 41.8 Å². The molecule has 0 heterocycles. The number of rotatable bonds is 14. The van der Waals surface area contributed by atoms with Crippen molar-refractivity contribution < 1.29 is 62.7 Å². The van der Waals surface area contributed by atoms with Gasteiger partial charge in [-0.2, -0.15) is 0 Å². The summed E-state index contributed by atoms with van der Waals surface area (Å²) in [5.74, 6) is -6.77. The van der Waals surface area contributed by atoms with Crippen molar-refractivity contribution in [3.05, 3.63) is 47.5 Å². The number of hydrogen-bond acceptors (Lipinski definition) is 13. The van der Waals surface area contributed by atoms with Gasteiger partial charge in [0.1, 0.15) is 6.10 Å². The molecule has 1 unspecified atom stereocenters. The standard InChI is InChI=1S/C25H28O13/c1-16(27)23(32)38-25(34)18-10-8-17(9-11-18)24(33)37-21(30)7-3-2-6-20(29)36-22(31)13-12-19(28)35-15-5-4-14-26/h8-13,16,26-27H,2-7,14-15H2,1H3/b13-12-. The normalized spacial score (nSPS) is 11.3. The molecule has 0 saturated heterocycles. The Hall–Kier alpha value is -4.23. The van der Waals surface area contributed by atoms with Gasteiger partial charge in [0.25, 0.3) is 0 Å². The van der Waals surface area contributed by atoms with E-state index in [-0.39, 0.29) is 50.0 Å². The predicted molar refractivity (Wildman–Crippen MR) is 125 cm³/mol.